The molecule has 0 unspecified atom stereocenters. The van der Waals surface area contributed by atoms with E-state index in [9.17, 15) is 4.79 Å². The van der Waals surface area contributed by atoms with Gasteiger partial charge in [-0.15, -0.1) is 0 Å². The molecule has 0 saturated carbocycles. The summed E-state index contributed by atoms with van der Waals surface area (Å²) in [4.78, 5) is 19.1. The predicted molar refractivity (Wildman–Crippen MR) is 95.5 cm³/mol. The predicted octanol–water partition coefficient (Wildman–Crippen LogP) is 2.30. The Kier molecular flexibility index (Phi) is 4.74. The molecule has 2 saturated heterocycles. The Morgan fingerprint density at radius 1 is 1.42 bits per heavy atom. The highest BCUT2D eigenvalue weighted by Crippen LogP contribution is 2.34. The summed E-state index contributed by atoms with van der Waals surface area (Å²) in [6, 6.07) is 5.65. The van der Waals surface area contributed by atoms with Crippen LogP contribution in [0.5, 0.6) is 0 Å². The van der Waals surface area contributed by atoms with E-state index in [1.165, 1.54) is 0 Å². The summed E-state index contributed by atoms with van der Waals surface area (Å²) in [5.74, 6) is 1.19. The van der Waals surface area contributed by atoms with Crippen LogP contribution in [0, 0.1) is 19.8 Å². The number of pyridine rings is 1. The second-order valence-electron chi connectivity index (χ2n) is 7.24. The summed E-state index contributed by atoms with van der Waals surface area (Å²) in [7, 11) is 0. The Bertz CT molecular complexity index is 791. The molecule has 2 aliphatic heterocycles. The van der Waals surface area contributed by atoms with E-state index in [1.54, 1.807) is 6.20 Å². The van der Waals surface area contributed by atoms with E-state index < -0.39 is 0 Å². The second-order valence-corrected chi connectivity index (χ2v) is 7.24. The number of rotatable bonds is 4. The zero-order chi connectivity index (χ0) is 18.1. The number of piperidine rings is 1. The van der Waals surface area contributed by atoms with Crippen molar-refractivity contribution in [2.24, 2.45) is 5.92 Å². The number of hydrogen-bond donors (Lipinski definition) is 1. The number of likely N-dealkylation sites (tertiary alicyclic amines) is 1. The van der Waals surface area contributed by atoms with Gasteiger partial charge in [-0.05, 0) is 51.3 Å². The lowest BCUT2D eigenvalue weighted by atomic mass is 9.91. The molecular formula is C19H24N4O3. The van der Waals surface area contributed by atoms with Crippen molar-refractivity contribution in [2.75, 3.05) is 18.4 Å². The van der Waals surface area contributed by atoms with Crippen LogP contribution in [0.15, 0.2) is 28.9 Å². The van der Waals surface area contributed by atoms with Gasteiger partial charge in [0.2, 0.25) is 0 Å². The number of nitrogens with zero attached hydrogens (tertiary/aromatic N) is 3. The summed E-state index contributed by atoms with van der Waals surface area (Å²) in [6.07, 6.45) is 3.25. The number of amides is 1. The zero-order valence-electron chi connectivity index (χ0n) is 15.1. The Hall–Kier alpha value is -2.25. The van der Waals surface area contributed by atoms with Gasteiger partial charge >= 0.3 is 0 Å². The molecule has 2 aromatic heterocycles. The van der Waals surface area contributed by atoms with Crippen LogP contribution in [0.3, 0.4) is 0 Å². The van der Waals surface area contributed by atoms with Gasteiger partial charge in [0.15, 0.2) is 0 Å². The van der Waals surface area contributed by atoms with Crippen LogP contribution in [0.25, 0.3) is 0 Å². The molecule has 1 amide bonds. The minimum absolute atomic E-state index is 0.0748. The molecule has 0 radical (unpaired) electrons. The fourth-order valence-corrected chi connectivity index (χ4v) is 3.86. The molecule has 7 heteroatoms. The molecule has 2 aliphatic rings. The molecule has 138 valence electrons. The molecule has 0 spiro atoms. The first-order chi connectivity index (χ1) is 12.6. The molecule has 0 aliphatic carbocycles. The summed E-state index contributed by atoms with van der Waals surface area (Å²) >= 11 is 0. The molecule has 4 rings (SSSR count). The van der Waals surface area contributed by atoms with Crippen LogP contribution in [-0.4, -0.2) is 46.2 Å². The summed E-state index contributed by atoms with van der Waals surface area (Å²) in [5.41, 5.74) is 2.50. The van der Waals surface area contributed by atoms with Crippen LogP contribution in [0.1, 0.15) is 30.0 Å². The molecule has 7 nitrogen and oxygen atoms in total. The topological polar surface area (TPSA) is 80.5 Å². The first-order valence-electron chi connectivity index (χ1n) is 9.11. The van der Waals surface area contributed by atoms with Gasteiger partial charge in [-0.25, -0.2) is 0 Å². The third-order valence-electron chi connectivity index (χ3n) is 5.26. The number of aryl methyl sites for hydroxylation is 2. The largest absolute Gasteiger partial charge is 0.364 e. The van der Waals surface area contributed by atoms with Gasteiger partial charge in [-0.2, -0.15) is 0 Å². The van der Waals surface area contributed by atoms with Crippen molar-refractivity contribution in [3.05, 3.63) is 41.5 Å². The van der Waals surface area contributed by atoms with Gasteiger partial charge in [-0.3, -0.25) is 14.7 Å². The summed E-state index contributed by atoms with van der Waals surface area (Å²) in [6.45, 7) is 6.36. The average molecular weight is 356 g/mol. The smallest absolute Gasteiger partial charge is 0.253 e. The lowest BCUT2D eigenvalue weighted by Gasteiger charge is -2.33. The third-order valence-corrected chi connectivity index (χ3v) is 5.26. The standard InChI is InChI=1S/C19H24N4O3/c1-12-8-15(22-26-12)10-23-7-5-14-9-17(25-18(14)11-23)19(24)21-16-4-3-6-20-13(16)2/h3-4,6,8,14,17-18H,5,7,9-11H2,1-2H3,(H,21,24)/t14-,17+,18+/m0/s1. The molecule has 1 N–H and O–H groups in total. The van der Waals surface area contributed by atoms with Crippen molar-refractivity contribution in [3.63, 3.8) is 0 Å². The van der Waals surface area contributed by atoms with Crippen LogP contribution in [0.2, 0.25) is 0 Å². The van der Waals surface area contributed by atoms with Crippen LogP contribution < -0.4 is 5.32 Å². The molecule has 0 aromatic carbocycles. The first-order valence-corrected chi connectivity index (χ1v) is 9.11. The number of nitrogens with one attached hydrogen (secondary N) is 1. The molecule has 2 aromatic rings. The highest BCUT2D eigenvalue weighted by Gasteiger charge is 2.42. The highest BCUT2D eigenvalue weighted by molar-refractivity contribution is 5.94. The highest BCUT2D eigenvalue weighted by atomic mass is 16.5. The van der Waals surface area contributed by atoms with E-state index in [0.29, 0.717) is 5.92 Å². The molecule has 2 fully saturated rings. The average Bonchev–Trinajstić information content (AvgIpc) is 3.22. The third kappa shape index (κ3) is 3.64. The van der Waals surface area contributed by atoms with Gasteiger partial charge in [-0.1, -0.05) is 5.16 Å². The van der Waals surface area contributed by atoms with Crippen molar-refractivity contribution < 1.29 is 14.1 Å². The normalized spacial score (nSPS) is 25.8. The van der Waals surface area contributed by atoms with Gasteiger partial charge in [0.25, 0.3) is 5.91 Å². The second kappa shape index (κ2) is 7.17. The zero-order valence-corrected chi connectivity index (χ0v) is 15.1. The molecule has 26 heavy (non-hydrogen) atoms. The molecule has 4 heterocycles. The number of fused-ring (bicyclic) bond motifs is 1. The number of aromatic nitrogens is 2. The number of carbonyl (C=O) groups excluding carboxylic acids is 1. The van der Waals surface area contributed by atoms with Gasteiger partial charge in [0.1, 0.15) is 11.9 Å². The van der Waals surface area contributed by atoms with E-state index >= 15 is 0 Å². The fraction of sp³-hybridized carbons (Fsp3) is 0.526. The first kappa shape index (κ1) is 17.2. The van der Waals surface area contributed by atoms with Crippen LogP contribution in [0.4, 0.5) is 5.69 Å². The monoisotopic (exact) mass is 356 g/mol. The lowest BCUT2D eigenvalue weighted by molar-refractivity contribution is -0.127. The number of hydrogen-bond acceptors (Lipinski definition) is 6. The number of ether oxygens (including phenoxy) is 1. The van der Waals surface area contributed by atoms with E-state index in [1.807, 2.05) is 32.0 Å². The maximum atomic E-state index is 12.6. The quantitative estimate of drug-likeness (QED) is 0.905. The van der Waals surface area contributed by atoms with Crippen molar-refractivity contribution in [1.29, 1.82) is 0 Å². The SMILES string of the molecule is Cc1cc(CN2CC[C@H]3C[C@H](C(=O)Nc4cccnc4C)O[C@@H]3C2)no1. The van der Waals surface area contributed by atoms with Crippen LogP contribution in [-0.2, 0) is 16.1 Å². The maximum Gasteiger partial charge on any atom is 0.253 e. The minimum Gasteiger partial charge on any atom is -0.364 e. The molecular weight excluding hydrogens is 332 g/mol. The van der Waals surface area contributed by atoms with Crippen molar-refractivity contribution in [3.8, 4) is 0 Å². The van der Waals surface area contributed by atoms with Crippen molar-refractivity contribution >= 4 is 11.6 Å². The fourth-order valence-electron chi connectivity index (χ4n) is 3.86. The Morgan fingerprint density at radius 2 is 2.31 bits per heavy atom. The summed E-state index contributed by atoms with van der Waals surface area (Å²) < 4.78 is 11.2. The van der Waals surface area contributed by atoms with Crippen LogP contribution >= 0.6 is 0 Å². The Morgan fingerprint density at radius 3 is 3.08 bits per heavy atom. The Labute approximate surface area is 152 Å². The summed E-state index contributed by atoms with van der Waals surface area (Å²) in [5, 5.41) is 7.02. The lowest BCUT2D eigenvalue weighted by Crippen LogP contribution is -2.42. The van der Waals surface area contributed by atoms with Gasteiger partial charge < -0.3 is 14.6 Å². The number of anilines is 1. The molecule has 0 bridgehead atoms. The van der Waals surface area contributed by atoms with E-state index in [4.69, 9.17) is 9.26 Å². The number of carbonyl (C=O) groups is 1. The van der Waals surface area contributed by atoms with Gasteiger partial charge in [0, 0.05) is 25.4 Å². The Balaban J connectivity index is 1.34. The van der Waals surface area contributed by atoms with E-state index in [-0.39, 0.29) is 18.1 Å². The van der Waals surface area contributed by atoms with Crippen molar-refractivity contribution in [2.45, 2.75) is 45.4 Å². The van der Waals surface area contributed by atoms with Crippen molar-refractivity contribution in [1.82, 2.24) is 15.0 Å². The molecule has 3 atom stereocenters. The van der Waals surface area contributed by atoms with Gasteiger partial charge in [0.05, 0.1) is 23.2 Å². The van der Waals surface area contributed by atoms with E-state index in [2.05, 4.69) is 20.4 Å². The minimum atomic E-state index is -0.390. The van der Waals surface area contributed by atoms with E-state index in [0.717, 1.165) is 55.3 Å². The maximum absolute atomic E-state index is 12.6.